The molecule has 0 radical (unpaired) electrons. The van der Waals surface area contributed by atoms with Gasteiger partial charge in [-0.2, -0.15) is 0 Å². The van der Waals surface area contributed by atoms with Crippen molar-refractivity contribution in [2.75, 3.05) is 13.2 Å². The second kappa shape index (κ2) is 15.0. The third-order valence-electron chi connectivity index (χ3n) is 7.83. The number of hydrogen-bond acceptors (Lipinski definition) is 6. The highest BCUT2D eigenvalue weighted by atomic mass is 32.2. The Hall–Kier alpha value is -4.85. The highest BCUT2D eigenvalue weighted by molar-refractivity contribution is 7.99. The quantitative estimate of drug-likeness (QED) is 0.133. The average molecular weight is 629 g/mol. The summed E-state index contributed by atoms with van der Waals surface area (Å²) in [5, 5.41) is 12.3. The van der Waals surface area contributed by atoms with Crippen LogP contribution in [-0.2, 0) is 22.5 Å². The Morgan fingerprint density at radius 3 is 2.20 bits per heavy atom. The number of amides is 1. The zero-order chi connectivity index (χ0) is 31.6. The van der Waals surface area contributed by atoms with E-state index in [0.717, 1.165) is 32.0 Å². The Morgan fingerprint density at radius 1 is 0.826 bits per heavy atom. The van der Waals surface area contributed by atoms with Gasteiger partial charge in [0.05, 0.1) is 6.61 Å². The van der Waals surface area contributed by atoms with Gasteiger partial charge in [0, 0.05) is 41.3 Å². The van der Waals surface area contributed by atoms with Gasteiger partial charge in [0.15, 0.2) is 11.6 Å². The first kappa shape index (κ1) is 31.1. The number of aliphatic hydroxyl groups excluding tert-OH is 1. The van der Waals surface area contributed by atoms with Crippen molar-refractivity contribution in [3.05, 3.63) is 162 Å². The van der Waals surface area contributed by atoms with Gasteiger partial charge in [-0.05, 0) is 59.2 Å². The number of nitrogens with zero attached hydrogens (tertiary/aromatic N) is 1. The molecule has 5 aromatic carbocycles. The monoisotopic (exact) mass is 628 g/mol. The van der Waals surface area contributed by atoms with Crippen molar-refractivity contribution in [2.24, 2.45) is 4.99 Å². The molecule has 1 aliphatic rings. The topological polar surface area (TPSA) is 80.2 Å². The van der Waals surface area contributed by atoms with Gasteiger partial charge in [-0.25, -0.2) is 4.99 Å². The molecule has 2 atom stereocenters. The summed E-state index contributed by atoms with van der Waals surface area (Å²) in [5.41, 5.74) is 2.37. The molecule has 0 aliphatic carbocycles. The first-order valence-electron chi connectivity index (χ1n) is 15.4. The predicted octanol–water partition coefficient (Wildman–Crippen LogP) is 7.42. The molecule has 0 saturated carbocycles. The van der Waals surface area contributed by atoms with E-state index in [1.54, 1.807) is 11.8 Å². The van der Waals surface area contributed by atoms with Gasteiger partial charge in [0.2, 0.25) is 5.90 Å². The number of rotatable bonds is 13. The zero-order valence-electron chi connectivity index (χ0n) is 25.4. The van der Waals surface area contributed by atoms with Crippen LogP contribution in [0.4, 0.5) is 0 Å². The van der Waals surface area contributed by atoms with Crippen LogP contribution >= 0.6 is 11.8 Å². The number of nitrogens with one attached hydrogen (secondary N) is 1. The number of aliphatic hydroxyl groups is 1. The maximum atomic E-state index is 14.6. The van der Waals surface area contributed by atoms with Gasteiger partial charge in [-0.3, -0.25) is 4.79 Å². The Labute approximate surface area is 274 Å². The molecule has 46 heavy (non-hydrogen) atoms. The Kier molecular flexibility index (Phi) is 10.1. The van der Waals surface area contributed by atoms with Crippen LogP contribution in [0.15, 0.2) is 154 Å². The van der Waals surface area contributed by atoms with E-state index in [4.69, 9.17) is 19.6 Å². The summed E-state index contributed by atoms with van der Waals surface area (Å²) >= 11 is 1.68. The largest absolute Gasteiger partial charge is 0.494 e. The molecule has 0 unspecified atom stereocenters. The lowest BCUT2D eigenvalue weighted by atomic mass is 9.82. The van der Waals surface area contributed by atoms with Crippen LogP contribution in [0.3, 0.4) is 0 Å². The number of hydrogen-bond donors (Lipinski definition) is 2. The fourth-order valence-corrected chi connectivity index (χ4v) is 6.48. The third-order valence-corrected chi connectivity index (χ3v) is 8.96. The van der Waals surface area contributed by atoms with Gasteiger partial charge in [-0.15, -0.1) is 0 Å². The van der Waals surface area contributed by atoms with E-state index in [1.807, 2.05) is 121 Å². The molecule has 7 heteroatoms. The average Bonchev–Trinajstić information content (AvgIpc) is 3.50. The molecule has 0 saturated heterocycles. The predicted molar refractivity (Wildman–Crippen MR) is 182 cm³/mol. The molecule has 0 fully saturated rings. The van der Waals surface area contributed by atoms with Crippen LogP contribution in [0.2, 0.25) is 0 Å². The lowest BCUT2D eigenvalue weighted by molar-refractivity contribution is -0.129. The number of benzene rings is 5. The smallest absolute Gasteiger partial charge is 0.252 e. The summed E-state index contributed by atoms with van der Waals surface area (Å²) in [5.74, 6) is 0.890. The zero-order valence-corrected chi connectivity index (χ0v) is 26.2. The standard InChI is InChI=1S/C39H36N2O4S/c42-25-12-26-44-33-23-21-31(22-24-33)37-41-39(27-29-13-4-1-5-14-29,36(45-37)30-15-6-2-7-16-30)38(43)40-28-32-17-10-11-20-35(32)46-34-18-8-3-9-19-34/h1-11,13-24,36,42H,12,25-28H2,(H,40,43)/t36-,39-/m1/s1. The van der Waals surface area contributed by atoms with Gasteiger partial charge < -0.3 is 19.9 Å². The number of carbonyl (C=O) groups excluding carboxylic acids is 1. The van der Waals surface area contributed by atoms with Gasteiger partial charge in [-0.1, -0.05) is 109 Å². The van der Waals surface area contributed by atoms with E-state index in [0.29, 0.717) is 37.6 Å². The van der Waals surface area contributed by atoms with Crippen molar-refractivity contribution in [1.82, 2.24) is 5.32 Å². The molecule has 2 N–H and O–H groups in total. The lowest BCUT2D eigenvalue weighted by Gasteiger charge is -2.31. The van der Waals surface area contributed by atoms with Crippen molar-refractivity contribution in [3.8, 4) is 5.75 Å². The SMILES string of the molecule is O=C(NCc1ccccc1Sc1ccccc1)[C@]1(Cc2ccccc2)N=C(c2ccc(OCCCO)cc2)O[C@@H]1c1ccccc1. The van der Waals surface area contributed by atoms with Crippen LogP contribution < -0.4 is 10.1 Å². The van der Waals surface area contributed by atoms with E-state index >= 15 is 0 Å². The van der Waals surface area contributed by atoms with Crippen molar-refractivity contribution in [2.45, 2.75) is 40.8 Å². The fraction of sp³-hybridized carbons (Fsp3) is 0.179. The summed E-state index contributed by atoms with van der Waals surface area (Å²) in [4.78, 5) is 22.0. The van der Waals surface area contributed by atoms with Crippen LogP contribution in [0.5, 0.6) is 5.75 Å². The molecule has 1 amide bonds. The van der Waals surface area contributed by atoms with E-state index in [9.17, 15) is 4.79 Å². The highest BCUT2D eigenvalue weighted by Crippen LogP contribution is 2.42. The van der Waals surface area contributed by atoms with Crippen molar-refractivity contribution in [1.29, 1.82) is 0 Å². The lowest BCUT2D eigenvalue weighted by Crippen LogP contribution is -2.49. The second-order valence-electron chi connectivity index (χ2n) is 11.1. The van der Waals surface area contributed by atoms with E-state index in [1.165, 1.54) is 0 Å². The highest BCUT2D eigenvalue weighted by Gasteiger charge is 2.53. The van der Waals surface area contributed by atoms with Crippen LogP contribution in [-0.4, -0.2) is 35.7 Å². The molecule has 6 nitrogen and oxygen atoms in total. The second-order valence-corrected chi connectivity index (χ2v) is 12.2. The summed E-state index contributed by atoms with van der Waals surface area (Å²) < 4.78 is 12.4. The Bertz CT molecular complexity index is 1750. The first-order chi connectivity index (χ1) is 22.6. The van der Waals surface area contributed by atoms with Gasteiger partial charge in [0.25, 0.3) is 5.91 Å². The van der Waals surface area contributed by atoms with Crippen molar-refractivity contribution < 1.29 is 19.4 Å². The van der Waals surface area contributed by atoms with E-state index in [-0.39, 0.29) is 12.5 Å². The fourth-order valence-electron chi connectivity index (χ4n) is 5.51. The summed E-state index contributed by atoms with van der Waals surface area (Å²) in [6, 6.07) is 45.7. The van der Waals surface area contributed by atoms with Crippen molar-refractivity contribution in [3.63, 3.8) is 0 Å². The molecule has 0 bridgehead atoms. The molecule has 1 aliphatic heterocycles. The van der Waals surface area contributed by atoms with Crippen LogP contribution in [0, 0.1) is 0 Å². The molecule has 1 heterocycles. The Morgan fingerprint density at radius 2 is 1.48 bits per heavy atom. The van der Waals surface area contributed by atoms with Gasteiger partial charge in [0.1, 0.15) is 5.75 Å². The maximum absolute atomic E-state index is 14.6. The molecule has 0 aromatic heterocycles. The maximum Gasteiger partial charge on any atom is 0.252 e. The minimum atomic E-state index is -1.27. The minimum Gasteiger partial charge on any atom is -0.494 e. The number of ether oxygens (including phenoxy) is 2. The third kappa shape index (κ3) is 7.33. The molecule has 6 rings (SSSR count). The number of carbonyl (C=O) groups is 1. The van der Waals surface area contributed by atoms with E-state index in [2.05, 4.69) is 23.5 Å². The van der Waals surface area contributed by atoms with Crippen molar-refractivity contribution >= 4 is 23.6 Å². The minimum absolute atomic E-state index is 0.0760. The first-order valence-corrected chi connectivity index (χ1v) is 16.2. The van der Waals surface area contributed by atoms with Gasteiger partial charge >= 0.3 is 0 Å². The molecule has 0 spiro atoms. The van der Waals surface area contributed by atoms with Crippen LogP contribution in [0.1, 0.15) is 34.8 Å². The molecule has 232 valence electrons. The normalized spacial score (nSPS) is 17.2. The number of aliphatic imine (C=N–C) groups is 1. The summed E-state index contributed by atoms with van der Waals surface area (Å²) in [6.07, 6.45) is 0.257. The van der Waals surface area contributed by atoms with E-state index < -0.39 is 11.6 Å². The Balaban J connectivity index is 1.34. The van der Waals surface area contributed by atoms with Crippen LogP contribution in [0.25, 0.3) is 0 Å². The molecule has 5 aromatic rings. The molecular formula is C39H36N2O4S. The summed E-state index contributed by atoms with van der Waals surface area (Å²) in [6.45, 7) is 0.848. The molecular weight excluding hydrogens is 593 g/mol. The summed E-state index contributed by atoms with van der Waals surface area (Å²) in [7, 11) is 0.